The lowest BCUT2D eigenvalue weighted by molar-refractivity contribution is 0.435. The van der Waals surface area contributed by atoms with E-state index in [0.717, 1.165) is 18.2 Å². The number of aromatic amines is 1. The zero-order chi connectivity index (χ0) is 15.0. The number of aromatic nitrogens is 2. The fraction of sp³-hybridized carbons (Fsp3) is 0. The van der Waals surface area contributed by atoms with Crippen molar-refractivity contribution in [3.8, 4) is 22.5 Å². The van der Waals surface area contributed by atoms with Gasteiger partial charge in [0.1, 0.15) is 11.6 Å². The predicted molar refractivity (Wildman–Crippen MR) is 72.3 cm³/mol. The third kappa shape index (κ3) is 2.29. The Balaban J connectivity index is 2.27. The van der Waals surface area contributed by atoms with Crippen LogP contribution in [0.5, 0.6) is 0 Å². The molecule has 0 saturated heterocycles. The van der Waals surface area contributed by atoms with Crippen LogP contribution in [0.2, 0.25) is 0 Å². The van der Waals surface area contributed by atoms with E-state index in [1.807, 2.05) is 0 Å². The summed E-state index contributed by atoms with van der Waals surface area (Å²) in [5, 5.41) is 3.57. The molecule has 0 saturated carbocycles. The minimum atomic E-state index is -0.765. The maximum atomic E-state index is 13.4. The Labute approximate surface area is 117 Å². The summed E-state index contributed by atoms with van der Waals surface area (Å²) in [7, 11) is 0. The standard InChI is InChI=1S/C14H9F2N3O2/c15-8-3-7(4-9(16)5-8)12-13(21-19-14(12)17)10-6-18-2-1-11(10)20/h1-6H,(H2,17,19)(H,18,20). The monoisotopic (exact) mass is 289 g/mol. The Hall–Kier alpha value is -2.96. The minimum absolute atomic E-state index is 0.0550. The highest BCUT2D eigenvalue weighted by Crippen LogP contribution is 2.35. The van der Waals surface area contributed by atoms with Crippen molar-refractivity contribution in [1.82, 2.24) is 10.1 Å². The molecule has 0 amide bonds. The molecule has 0 spiro atoms. The fourth-order valence-electron chi connectivity index (χ4n) is 2.06. The Kier molecular flexibility index (Phi) is 3.02. The van der Waals surface area contributed by atoms with Gasteiger partial charge in [-0.05, 0) is 17.7 Å². The van der Waals surface area contributed by atoms with Crippen LogP contribution in [0.15, 0.2) is 46.0 Å². The second-order valence-corrected chi connectivity index (χ2v) is 4.35. The molecule has 0 aliphatic carbocycles. The summed E-state index contributed by atoms with van der Waals surface area (Å²) < 4.78 is 31.8. The molecule has 7 heteroatoms. The highest BCUT2D eigenvalue weighted by Gasteiger charge is 2.20. The summed E-state index contributed by atoms with van der Waals surface area (Å²) in [6, 6.07) is 4.21. The minimum Gasteiger partial charge on any atom is -0.380 e. The van der Waals surface area contributed by atoms with Crippen LogP contribution in [0.25, 0.3) is 22.5 Å². The van der Waals surface area contributed by atoms with Gasteiger partial charge in [0.25, 0.3) is 0 Å². The maximum absolute atomic E-state index is 13.4. The van der Waals surface area contributed by atoms with Gasteiger partial charge in [0.2, 0.25) is 0 Å². The summed E-state index contributed by atoms with van der Waals surface area (Å²) in [6.45, 7) is 0. The first kappa shape index (κ1) is 13.0. The molecule has 21 heavy (non-hydrogen) atoms. The topological polar surface area (TPSA) is 84.9 Å². The van der Waals surface area contributed by atoms with Crippen molar-refractivity contribution >= 4 is 5.82 Å². The highest BCUT2D eigenvalue weighted by atomic mass is 19.1. The van der Waals surface area contributed by atoms with Gasteiger partial charge in [-0.15, -0.1) is 0 Å². The third-order valence-electron chi connectivity index (χ3n) is 2.94. The summed E-state index contributed by atoms with van der Waals surface area (Å²) in [5.41, 5.74) is 5.85. The quantitative estimate of drug-likeness (QED) is 0.759. The van der Waals surface area contributed by atoms with Gasteiger partial charge in [-0.2, -0.15) is 0 Å². The molecular formula is C14H9F2N3O2. The van der Waals surface area contributed by atoms with Gasteiger partial charge >= 0.3 is 0 Å². The number of nitrogens with one attached hydrogen (secondary N) is 1. The fourth-order valence-corrected chi connectivity index (χ4v) is 2.06. The molecule has 0 aliphatic rings. The van der Waals surface area contributed by atoms with E-state index in [-0.39, 0.29) is 33.7 Å². The Bertz CT molecular complexity index is 850. The second-order valence-electron chi connectivity index (χ2n) is 4.35. The Morgan fingerprint density at radius 2 is 1.90 bits per heavy atom. The van der Waals surface area contributed by atoms with Crippen molar-refractivity contribution in [2.45, 2.75) is 0 Å². The van der Waals surface area contributed by atoms with Crippen molar-refractivity contribution in [2.24, 2.45) is 0 Å². The second kappa shape index (κ2) is 4.86. The van der Waals surface area contributed by atoms with Gasteiger partial charge in [0.15, 0.2) is 17.0 Å². The van der Waals surface area contributed by atoms with E-state index in [9.17, 15) is 13.6 Å². The van der Waals surface area contributed by atoms with E-state index in [2.05, 4.69) is 10.1 Å². The SMILES string of the molecule is Nc1noc(-c2c[nH]ccc2=O)c1-c1cc(F)cc(F)c1. The third-order valence-corrected chi connectivity index (χ3v) is 2.94. The number of halogens is 2. The number of benzene rings is 1. The zero-order valence-electron chi connectivity index (χ0n) is 10.6. The van der Waals surface area contributed by atoms with Crippen molar-refractivity contribution in [3.05, 3.63) is 58.5 Å². The van der Waals surface area contributed by atoms with Crippen molar-refractivity contribution in [2.75, 3.05) is 5.73 Å². The maximum Gasteiger partial charge on any atom is 0.192 e. The van der Waals surface area contributed by atoms with Crippen LogP contribution in [0.4, 0.5) is 14.6 Å². The molecule has 0 radical (unpaired) electrons. The lowest BCUT2D eigenvalue weighted by atomic mass is 10.0. The summed E-state index contributed by atoms with van der Waals surface area (Å²) in [4.78, 5) is 14.6. The molecule has 2 heterocycles. The molecule has 3 aromatic rings. The van der Waals surface area contributed by atoms with Gasteiger partial charge < -0.3 is 15.2 Å². The van der Waals surface area contributed by atoms with Crippen LogP contribution in [-0.2, 0) is 0 Å². The number of H-pyrrole nitrogens is 1. The normalized spacial score (nSPS) is 10.8. The van der Waals surface area contributed by atoms with Gasteiger partial charge in [-0.3, -0.25) is 4.79 Å². The molecule has 0 unspecified atom stereocenters. The molecule has 0 aliphatic heterocycles. The molecule has 1 aromatic carbocycles. The van der Waals surface area contributed by atoms with Crippen LogP contribution in [0.3, 0.4) is 0 Å². The largest absolute Gasteiger partial charge is 0.380 e. The molecule has 0 fully saturated rings. The number of nitrogens with two attached hydrogens (primary N) is 1. The zero-order valence-corrected chi connectivity index (χ0v) is 10.6. The number of hydrogen-bond donors (Lipinski definition) is 2. The van der Waals surface area contributed by atoms with E-state index in [0.29, 0.717) is 0 Å². The van der Waals surface area contributed by atoms with Crippen LogP contribution in [0, 0.1) is 11.6 Å². The van der Waals surface area contributed by atoms with Crippen LogP contribution in [0.1, 0.15) is 0 Å². The molecule has 3 rings (SSSR count). The summed E-state index contributed by atoms with van der Waals surface area (Å²) in [5.74, 6) is -1.53. The molecule has 0 bridgehead atoms. The molecule has 106 valence electrons. The summed E-state index contributed by atoms with van der Waals surface area (Å²) in [6.07, 6.45) is 2.86. The molecule has 5 nitrogen and oxygen atoms in total. The van der Waals surface area contributed by atoms with Crippen molar-refractivity contribution in [1.29, 1.82) is 0 Å². The lowest BCUT2D eigenvalue weighted by Gasteiger charge is -2.03. The van der Waals surface area contributed by atoms with Crippen LogP contribution >= 0.6 is 0 Å². The first-order valence-electron chi connectivity index (χ1n) is 5.95. The van der Waals surface area contributed by atoms with Gasteiger partial charge in [-0.1, -0.05) is 5.16 Å². The average molecular weight is 289 g/mol. The Morgan fingerprint density at radius 1 is 1.19 bits per heavy atom. The van der Waals surface area contributed by atoms with Crippen LogP contribution < -0.4 is 11.2 Å². The van der Waals surface area contributed by atoms with E-state index in [4.69, 9.17) is 10.3 Å². The number of rotatable bonds is 2. The first-order valence-corrected chi connectivity index (χ1v) is 5.95. The van der Waals surface area contributed by atoms with E-state index in [1.54, 1.807) is 0 Å². The predicted octanol–water partition coefficient (Wildman–Crippen LogP) is 2.56. The van der Waals surface area contributed by atoms with Crippen molar-refractivity contribution in [3.63, 3.8) is 0 Å². The lowest BCUT2D eigenvalue weighted by Crippen LogP contribution is -2.03. The highest BCUT2D eigenvalue weighted by molar-refractivity contribution is 5.86. The summed E-state index contributed by atoms with van der Waals surface area (Å²) >= 11 is 0. The first-order chi connectivity index (χ1) is 10.1. The molecule has 3 N–H and O–H groups in total. The van der Waals surface area contributed by atoms with Gasteiger partial charge in [0, 0.05) is 24.5 Å². The molecule has 0 atom stereocenters. The molecular weight excluding hydrogens is 280 g/mol. The number of nitrogens with zero attached hydrogens (tertiary/aromatic N) is 1. The number of anilines is 1. The van der Waals surface area contributed by atoms with Crippen LogP contribution in [-0.4, -0.2) is 10.1 Å². The average Bonchev–Trinajstić information content (AvgIpc) is 2.80. The van der Waals surface area contributed by atoms with Crippen molar-refractivity contribution < 1.29 is 13.3 Å². The van der Waals surface area contributed by atoms with E-state index < -0.39 is 11.6 Å². The smallest absolute Gasteiger partial charge is 0.192 e. The number of pyridine rings is 1. The number of hydrogen-bond acceptors (Lipinski definition) is 4. The molecule has 2 aromatic heterocycles. The Morgan fingerprint density at radius 3 is 2.57 bits per heavy atom. The van der Waals surface area contributed by atoms with Gasteiger partial charge in [0.05, 0.1) is 11.1 Å². The van der Waals surface area contributed by atoms with E-state index >= 15 is 0 Å². The van der Waals surface area contributed by atoms with E-state index in [1.165, 1.54) is 18.5 Å². The van der Waals surface area contributed by atoms with Gasteiger partial charge in [-0.25, -0.2) is 8.78 Å². The number of nitrogen functional groups attached to an aromatic ring is 1.